The Morgan fingerprint density at radius 2 is 1.69 bits per heavy atom. The fourth-order valence-electron chi connectivity index (χ4n) is 4.80. The molecule has 8 heteroatoms. The van der Waals surface area contributed by atoms with Crippen molar-refractivity contribution in [1.29, 1.82) is 0 Å². The highest BCUT2D eigenvalue weighted by Gasteiger charge is 2.49. The van der Waals surface area contributed by atoms with Crippen molar-refractivity contribution in [1.82, 2.24) is 0 Å². The number of esters is 1. The minimum atomic E-state index is -1.60. The van der Waals surface area contributed by atoms with E-state index < -0.39 is 53.6 Å². The maximum atomic E-state index is 13.6. The molecule has 0 fully saturated rings. The molecule has 178 valence electrons. The van der Waals surface area contributed by atoms with Crippen LogP contribution < -0.4 is 4.74 Å². The molecule has 5 rings (SSSR count). The van der Waals surface area contributed by atoms with Gasteiger partial charge in [-0.1, -0.05) is 42.5 Å². The Bertz CT molecular complexity index is 1290. The van der Waals surface area contributed by atoms with Crippen LogP contribution in [0, 0.1) is 11.8 Å². The molecule has 0 amide bonds. The molecule has 5 unspecified atom stereocenters. The van der Waals surface area contributed by atoms with E-state index in [2.05, 4.69) is 0 Å². The van der Waals surface area contributed by atoms with Crippen LogP contribution >= 0.6 is 0 Å². The number of Topliss-reactive ketones (excluding diaryl/α,β-unsaturated/α-hetero) is 2. The highest BCUT2D eigenvalue weighted by molar-refractivity contribution is 6.06. The van der Waals surface area contributed by atoms with E-state index >= 15 is 0 Å². The van der Waals surface area contributed by atoms with Crippen molar-refractivity contribution in [3.05, 3.63) is 101 Å². The summed E-state index contributed by atoms with van der Waals surface area (Å²) in [6, 6.07) is 12.6. The summed E-state index contributed by atoms with van der Waals surface area (Å²) in [7, 11) is 1.26. The Kier molecular flexibility index (Phi) is 5.74. The first-order chi connectivity index (χ1) is 16.9. The van der Waals surface area contributed by atoms with Gasteiger partial charge in [0.15, 0.2) is 11.6 Å². The maximum Gasteiger partial charge on any atom is 0.337 e. The van der Waals surface area contributed by atoms with Crippen LogP contribution in [-0.2, 0) is 14.3 Å². The van der Waals surface area contributed by atoms with Crippen molar-refractivity contribution < 1.29 is 38.8 Å². The molecule has 35 heavy (non-hydrogen) atoms. The normalized spacial score (nSPS) is 25.8. The molecule has 2 aromatic rings. The lowest BCUT2D eigenvalue weighted by molar-refractivity contribution is -0.126. The second-order valence-corrected chi connectivity index (χ2v) is 8.45. The topological polar surface area (TPSA) is 119 Å². The molecule has 1 aliphatic carbocycles. The Labute approximate surface area is 200 Å². The smallest absolute Gasteiger partial charge is 0.337 e. The van der Waals surface area contributed by atoms with Crippen molar-refractivity contribution in [3.63, 3.8) is 0 Å². The van der Waals surface area contributed by atoms with Gasteiger partial charge in [-0.05, 0) is 35.9 Å². The van der Waals surface area contributed by atoms with Crippen LogP contribution in [0.15, 0.2) is 84.4 Å². The number of hydrogen-bond donors (Lipinski definition) is 2. The van der Waals surface area contributed by atoms with E-state index in [1.807, 2.05) is 0 Å². The summed E-state index contributed by atoms with van der Waals surface area (Å²) in [6.45, 7) is 0. The molecule has 2 aliphatic heterocycles. The summed E-state index contributed by atoms with van der Waals surface area (Å²) >= 11 is 0. The summed E-state index contributed by atoms with van der Waals surface area (Å²) in [4.78, 5) is 39.2. The zero-order valence-corrected chi connectivity index (χ0v) is 18.7. The minimum absolute atomic E-state index is 0.141. The molecule has 2 heterocycles. The van der Waals surface area contributed by atoms with E-state index in [9.17, 15) is 24.6 Å². The minimum Gasteiger partial charge on any atom is -0.481 e. The quantitative estimate of drug-likeness (QED) is 0.649. The molecular formula is C27H22O8. The van der Waals surface area contributed by atoms with Crippen LogP contribution in [0.3, 0.4) is 0 Å². The van der Waals surface area contributed by atoms with Gasteiger partial charge in [-0.2, -0.15) is 0 Å². The number of aliphatic hydroxyl groups excluding tert-OH is 2. The van der Waals surface area contributed by atoms with Crippen molar-refractivity contribution in [3.8, 4) is 5.75 Å². The Balaban J connectivity index is 1.65. The molecule has 2 aromatic carbocycles. The monoisotopic (exact) mass is 474 g/mol. The van der Waals surface area contributed by atoms with Crippen LogP contribution in [0.5, 0.6) is 5.75 Å². The third kappa shape index (κ3) is 3.81. The van der Waals surface area contributed by atoms with Crippen molar-refractivity contribution in [2.75, 3.05) is 7.11 Å². The van der Waals surface area contributed by atoms with Crippen molar-refractivity contribution in [2.45, 2.75) is 18.3 Å². The predicted octanol–water partition coefficient (Wildman–Crippen LogP) is 3.25. The lowest BCUT2D eigenvalue weighted by atomic mass is 9.71. The average molecular weight is 474 g/mol. The fraction of sp³-hybridized carbons (Fsp3) is 0.222. The summed E-state index contributed by atoms with van der Waals surface area (Å²) in [5.74, 6) is -4.91. The molecule has 0 spiro atoms. The number of fused-ring (bicyclic) bond motifs is 2. The molecule has 0 saturated heterocycles. The molecule has 2 N–H and O–H groups in total. The largest absolute Gasteiger partial charge is 0.481 e. The van der Waals surface area contributed by atoms with Crippen LogP contribution in [0.4, 0.5) is 0 Å². The summed E-state index contributed by atoms with van der Waals surface area (Å²) < 4.78 is 16.0. The van der Waals surface area contributed by atoms with Gasteiger partial charge in [0.2, 0.25) is 6.29 Å². The van der Waals surface area contributed by atoms with E-state index in [4.69, 9.17) is 14.2 Å². The van der Waals surface area contributed by atoms with Gasteiger partial charge in [0.05, 0.1) is 35.6 Å². The van der Waals surface area contributed by atoms with E-state index in [0.717, 1.165) is 0 Å². The third-order valence-electron chi connectivity index (χ3n) is 6.50. The third-order valence-corrected chi connectivity index (χ3v) is 6.50. The van der Waals surface area contributed by atoms with Gasteiger partial charge in [0.25, 0.3) is 5.95 Å². The lowest BCUT2D eigenvalue weighted by Gasteiger charge is -2.38. The number of carbonyl (C=O) groups excluding carboxylic acids is 3. The first kappa shape index (κ1) is 22.6. The number of aliphatic hydroxyl groups is 2. The van der Waals surface area contributed by atoms with Crippen molar-refractivity contribution >= 4 is 17.5 Å². The first-order valence-electron chi connectivity index (χ1n) is 11.1. The van der Waals surface area contributed by atoms with Gasteiger partial charge < -0.3 is 24.4 Å². The number of allylic oxidation sites excluding steroid dienone is 3. The number of benzene rings is 2. The Morgan fingerprint density at radius 1 is 0.971 bits per heavy atom. The average Bonchev–Trinajstić information content (AvgIpc) is 2.87. The number of ketones is 2. The summed E-state index contributed by atoms with van der Waals surface area (Å²) in [6.07, 6.45) is 4.48. The van der Waals surface area contributed by atoms with Gasteiger partial charge in [0, 0.05) is 5.92 Å². The number of para-hydroxylation sites is 1. The van der Waals surface area contributed by atoms with Gasteiger partial charge >= 0.3 is 5.97 Å². The van der Waals surface area contributed by atoms with Gasteiger partial charge in [-0.15, -0.1) is 0 Å². The summed E-state index contributed by atoms with van der Waals surface area (Å²) in [5.41, 5.74) is 0.779. The maximum absolute atomic E-state index is 13.6. The number of rotatable bonds is 4. The Hall–Kier alpha value is -4.17. The number of methoxy groups -OCH3 is 1. The van der Waals surface area contributed by atoms with Crippen LogP contribution in [0.2, 0.25) is 0 Å². The zero-order valence-electron chi connectivity index (χ0n) is 18.7. The van der Waals surface area contributed by atoms with Crippen LogP contribution in [-0.4, -0.2) is 47.3 Å². The number of carbonyl (C=O) groups is 3. The summed E-state index contributed by atoms with van der Waals surface area (Å²) in [5, 5.41) is 21.8. The van der Waals surface area contributed by atoms with E-state index in [-0.39, 0.29) is 22.4 Å². The van der Waals surface area contributed by atoms with E-state index in [0.29, 0.717) is 5.56 Å². The highest BCUT2D eigenvalue weighted by atomic mass is 16.6. The molecule has 0 bridgehead atoms. The highest BCUT2D eigenvalue weighted by Crippen LogP contribution is 2.45. The molecule has 0 radical (unpaired) electrons. The van der Waals surface area contributed by atoms with Gasteiger partial charge in [-0.3, -0.25) is 9.59 Å². The van der Waals surface area contributed by atoms with Crippen LogP contribution in [0.25, 0.3) is 0 Å². The zero-order chi connectivity index (χ0) is 24.7. The van der Waals surface area contributed by atoms with Crippen molar-refractivity contribution in [2.24, 2.45) is 11.8 Å². The fourth-order valence-corrected chi connectivity index (χ4v) is 4.80. The molecule has 3 aliphatic rings. The standard InChI is InChI=1S/C27H22O8/c1-33-25(30)15-12-10-14(11-13-15)20(21-23(28)16-6-2-4-8-18(16)34-26(21)31)22-24(29)17-7-3-5-9-19(17)35-27(22)32/h2-13,16,18,20,22,27,31-32H,1H3. The van der Waals surface area contributed by atoms with Gasteiger partial charge in [-0.25, -0.2) is 4.79 Å². The first-order valence-corrected chi connectivity index (χ1v) is 11.1. The molecule has 5 atom stereocenters. The molecular weight excluding hydrogens is 452 g/mol. The van der Waals surface area contributed by atoms with Crippen LogP contribution in [0.1, 0.15) is 32.2 Å². The second kappa shape index (κ2) is 8.88. The molecule has 0 aromatic heterocycles. The second-order valence-electron chi connectivity index (χ2n) is 8.45. The Morgan fingerprint density at radius 3 is 2.43 bits per heavy atom. The van der Waals surface area contributed by atoms with E-state index in [1.165, 1.54) is 19.2 Å². The number of hydrogen-bond acceptors (Lipinski definition) is 8. The van der Waals surface area contributed by atoms with E-state index in [1.54, 1.807) is 60.7 Å². The SMILES string of the molecule is COC(=O)c1ccc(C(C2=C(O)OC3C=CC=CC3C2=O)C2C(=O)c3ccccc3OC2O)cc1. The lowest BCUT2D eigenvalue weighted by Crippen LogP contribution is -2.45. The number of ether oxygens (including phenoxy) is 3. The molecule has 8 nitrogen and oxygen atoms in total. The molecule has 0 saturated carbocycles. The van der Waals surface area contributed by atoms with Gasteiger partial charge in [0.1, 0.15) is 11.9 Å². The predicted molar refractivity (Wildman–Crippen MR) is 123 cm³/mol.